The maximum absolute atomic E-state index is 14.1. The van der Waals surface area contributed by atoms with Gasteiger partial charge in [0.25, 0.3) is 0 Å². The predicted octanol–water partition coefficient (Wildman–Crippen LogP) is 6.18. The summed E-state index contributed by atoms with van der Waals surface area (Å²) in [6.45, 7) is 6.59. The second-order valence-electron chi connectivity index (χ2n) is 6.50. The Morgan fingerprint density at radius 2 is 1.76 bits per heavy atom. The van der Waals surface area contributed by atoms with Crippen molar-refractivity contribution in [3.63, 3.8) is 0 Å². The number of rotatable bonds is 4. The van der Waals surface area contributed by atoms with Crippen LogP contribution in [-0.4, -0.2) is 0 Å². The minimum atomic E-state index is -0.237. The first kappa shape index (κ1) is 16.0. The Bertz CT molecular complexity index is 590. The minimum absolute atomic E-state index is 0.0851. The summed E-state index contributed by atoms with van der Waals surface area (Å²) in [6.07, 6.45) is 0.923. The van der Waals surface area contributed by atoms with Gasteiger partial charge in [-0.15, -0.1) is 0 Å². The molecule has 0 saturated carbocycles. The summed E-state index contributed by atoms with van der Waals surface area (Å²) < 4.78 is 14.8. The zero-order chi connectivity index (χ0) is 15.5. The fourth-order valence-corrected chi connectivity index (χ4v) is 2.68. The van der Waals surface area contributed by atoms with Gasteiger partial charge >= 0.3 is 0 Å². The molecule has 112 valence electrons. The molecule has 2 aromatic rings. The molecular weight excluding hydrogens is 329 g/mol. The molecule has 2 rings (SSSR count). The molecule has 1 atom stereocenters. The number of nitrogens with one attached hydrogen (secondary N) is 1. The van der Waals surface area contributed by atoms with Gasteiger partial charge in [-0.25, -0.2) is 4.39 Å². The van der Waals surface area contributed by atoms with Crippen LogP contribution in [0, 0.1) is 11.2 Å². The van der Waals surface area contributed by atoms with Crippen molar-refractivity contribution in [2.24, 2.45) is 5.41 Å². The van der Waals surface area contributed by atoms with Crippen LogP contribution in [0.2, 0.25) is 0 Å². The Balaban J connectivity index is 2.28. The van der Waals surface area contributed by atoms with Crippen LogP contribution in [0.1, 0.15) is 38.8 Å². The first-order chi connectivity index (χ1) is 9.85. The fourth-order valence-electron chi connectivity index (χ4n) is 2.34. The van der Waals surface area contributed by atoms with E-state index < -0.39 is 0 Å². The lowest BCUT2D eigenvalue weighted by Crippen LogP contribution is -2.19. The van der Waals surface area contributed by atoms with E-state index >= 15 is 0 Å². The van der Waals surface area contributed by atoms with E-state index in [1.807, 2.05) is 24.3 Å². The SMILES string of the molecule is CC(C)(C)CC(Nc1ccc(Br)cc1F)c1ccccc1. The molecule has 1 unspecified atom stereocenters. The molecule has 0 aromatic heterocycles. The highest BCUT2D eigenvalue weighted by Gasteiger charge is 2.21. The van der Waals surface area contributed by atoms with Crippen LogP contribution >= 0.6 is 15.9 Å². The van der Waals surface area contributed by atoms with E-state index in [1.165, 1.54) is 11.6 Å². The van der Waals surface area contributed by atoms with Crippen LogP contribution in [0.15, 0.2) is 53.0 Å². The number of anilines is 1. The summed E-state index contributed by atoms with van der Waals surface area (Å²) in [5.41, 5.74) is 1.87. The van der Waals surface area contributed by atoms with Crippen molar-refractivity contribution >= 4 is 21.6 Å². The van der Waals surface area contributed by atoms with Crippen LogP contribution in [0.5, 0.6) is 0 Å². The summed E-state index contributed by atoms with van der Waals surface area (Å²) in [5.74, 6) is -0.237. The molecule has 2 aromatic carbocycles. The lowest BCUT2D eigenvalue weighted by atomic mass is 9.85. The lowest BCUT2D eigenvalue weighted by molar-refractivity contribution is 0.352. The molecule has 21 heavy (non-hydrogen) atoms. The van der Waals surface area contributed by atoms with Crippen molar-refractivity contribution in [3.05, 3.63) is 64.4 Å². The van der Waals surface area contributed by atoms with Crippen LogP contribution in [0.4, 0.5) is 10.1 Å². The summed E-state index contributed by atoms with van der Waals surface area (Å²) in [5, 5.41) is 3.35. The Hall–Kier alpha value is -1.35. The van der Waals surface area contributed by atoms with Crippen LogP contribution in [0.3, 0.4) is 0 Å². The van der Waals surface area contributed by atoms with Crippen molar-refractivity contribution in [3.8, 4) is 0 Å². The molecular formula is C18H21BrFN. The zero-order valence-corrected chi connectivity index (χ0v) is 14.2. The van der Waals surface area contributed by atoms with E-state index in [0.717, 1.165) is 10.9 Å². The molecule has 0 saturated heterocycles. The van der Waals surface area contributed by atoms with E-state index in [1.54, 1.807) is 6.07 Å². The summed E-state index contributed by atoms with van der Waals surface area (Å²) in [6, 6.07) is 15.4. The molecule has 0 amide bonds. The van der Waals surface area contributed by atoms with E-state index in [4.69, 9.17) is 0 Å². The second kappa shape index (κ2) is 6.61. The number of hydrogen-bond acceptors (Lipinski definition) is 1. The molecule has 0 aliphatic heterocycles. The molecule has 1 nitrogen and oxygen atoms in total. The average molecular weight is 350 g/mol. The highest BCUT2D eigenvalue weighted by molar-refractivity contribution is 9.10. The predicted molar refractivity (Wildman–Crippen MR) is 91.0 cm³/mol. The topological polar surface area (TPSA) is 12.0 Å². The monoisotopic (exact) mass is 349 g/mol. The first-order valence-corrected chi connectivity index (χ1v) is 7.91. The Morgan fingerprint density at radius 3 is 2.33 bits per heavy atom. The number of halogens is 2. The molecule has 0 heterocycles. The molecule has 0 radical (unpaired) electrons. The van der Waals surface area contributed by atoms with Crippen molar-refractivity contribution in [1.82, 2.24) is 0 Å². The second-order valence-corrected chi connectivity index (χ2v) is 7.41. The summed E-state index contributed by atoms with van der Waals surface area (Å²) in [4.78, 5) is 0. The normalized spacial score (nSPS) is 13.0. The van der Waals surface area contributed by atoms with Crippen molar-refractivity contribution in [1.29, 1.82) is 0 Å². The largest absolute Gasteiger partial charge is 0.376 e. The van der Waals surface area contributed by atoms with Gasteiger partial charge in [0, 0.05) is 4.47 Å². The van der Waals surface area contributed by atoms with Crippen LogP contribution in [-0.2, 0) is 0 Å². The minimum Gasteiger partial charge on any atom is -0.376 e. The van der Waals surface area contributed by atoms with Gasteiger partial charge in [0.05, 0.1) is 11.7 Å². The third-order valence-electron chi connectivity index (χ3n) is 3.28. The van der Waals surface area contributed by atoms with Gasteiger partial charge in [-0.3, -0.25) is 0 Å². The van der Waals surface area contributed by atoms with Crippen LogP contribution in [0.25, 0.3) is 0 Å². The van der Waals surface area contributed by atoms with Crippen molar-refractivity contribution in [2.75, 3.05) is 5.32 Å². The van der Waals surface area contributed by atoms with E-state index in [-0.39, 0.29) is 17.3 Å². The highest BCUT2D eigenvalue weighted by atomic mass is 79.9. The van der Waals surface area contributed by atoms with Crippen LogP contribution < -0.4 is 5.32 Å². The van der Waals surface area contributed by atoms with Gasteiger partial charge in [0.2, 0.25) is 0 Å². The molecule has 0 bridgehead atoms. The zero-order valence-electron chi connectivity index (χ0n) is 12.7. The quantitative estimate of drug-likeness (QED) is 0.694. The molecule has 0 aliphatic rings. The van der Waals surface area contributed by atoms with Crippen molar-refractivity contribution < 1.29 is 4.39 Å². The Labute approximate surface area is 134 Å². The third-order valence-corrected chi connectivity index (χ3v) is 3.77. The highest BCUT2D eigenvalue weighted by Crippen LogP contribution is 2.33. The molecule has 0 fully saturated rings. The third kappa shape index (κ3) is 4.85. The van der Waals surface area contributed by atoms with Gasteiger partial charge in [-0.1, -0.05) is 67.0 Å². The summed E-state index contributed by atoms with van der Waals surface area (Å²) in [7, 11) is 0. The lowest BCUT2D eigenvalue weighted by Gasteiger charge is -2.28. The number of hydrogen-bond donors (Lipinski definition) is 1. The van der Waals surface area contributed by atoms with Gasteiger partial charge < -0.3 is 5.32 Å². The Morgan fingerprint density at radius 1 is 1.10 bits per heavy atom. The molecule has 3 heteroatoms. The molecule has 0 aliphatic carbocycles. The van der Waals surface area contributed by atoms with Gasteiger partial charge in [0.1, 0.15) is 5.82 Å². The summed E-state index contributed by atoms with van der Waals surface area (Å²) >= 11 is 3.29. The van der Waals surface area contributed by atoms with Gasteiger partial charge in [0.15, 0.2) is 0 Å². The van der Waals surface area contributed by atoms with Gasteiger partial charge in [-0.2, -0.15) is 0 Å². The van der Waals surface area contributed by atoms with E-state index in [2.05, 4.69) is 54.2 Å². The van der Waals surface area contributed by atoms with Crippen molar-refractivity contribution in [2.45, 2.75) is 33.2 Å². The average Bonchev–Trinajstić information content (AvgIpc) is 2.40. The smallest absolute Gasteiger partial charge is 0.147 e. The maximum atomic E-state index is 14.1. The van der Waals surface area contributed by atoms with Gasteiger partial charge in [-0.05, 0) is 35.6 Å². The number of benzene rings is 2. The standard InChI is InChI=1S/C18H21BrFN/c1-18(2,3)12-17(13-7-5-4-6-8-13)21-16-10-9-14(19)11-15(16)20/h4-11,17,21H,12H2,1-3H3. The maximum Gasteiger partial charge on any atom is 0.147 e. The van der Waals surface area contributed by atoms with E-state index in [0.29, 0.717) is 5.69 Å². The van der Waals surface area contributed by atoms with E-state index in [9.17, 15) is 4.39 Å². The molecule has 0 spiro atoms. The first-order valence-electron chi connectivity index (χ1n) is 7.12. The fraction of sp³-hybridized carbons (Fsp3) is 0.333. The Kier molecular flexibility index (Phi) is 5.04. The molecule has 1 N–H and O–H groups in total.